The fourth-order valence-corrected chi connectivity index (χ4v) is 3.48. The third-order valence-electron chi connectivity index (χ3n) is 3.58. The highest BCUT2D eigenvalue weighted by Gasteiger charge is 2.14. The third-order valence-corrected chi connectivity index (χ3v) is 5.08. The summed E-state index contributed by atoms with van der Waals surface area (Å²) in [7, 11) is 0. The van der Waals surface area contributed by atoms with E-state index in [1.807, 2.05) is 24.3 Å². The van der Waals surface area contributed by atoms with Crippen molar-refractivity contribution in [3.63, 3.8) is 0 Å². The molecule has 1 aromatic heterocycles. The number of carbonyl (C=O) groups is 2. The smallest absolute Gasteiger partial charge is 0.256 e. The zero-order chi connectivity index (χ0) is 20.1. The van der Waals surface area contributed by atoms with Crippen molar-refractivity contribution in [3.8, 4) is 0 Å². The molecule has 3 rings (SSSR count). The monoisotopic (exact) mass is 459 g/mol. The van der Waals surface area contributed by atoms with E-state index in [1.54, 1.807) is 18.3 Å². The van der Waals surface area contributed by atoms with Gasteiger partial charge in [-0.1, -0.05) is 23.9 Å². The van der Waals surface area contributed by atoms with Crippen molar-refractivity contribution in [1.29, 1.82) is 0 Å². The van der Waals surface area contributed by atoms with E-state index in [9.17, 15) is 14.0 Å². The van der Waals surface area contributed by atoms with E-state index in [-0.39, 0.29) is 11.6 Å². The molecule has 2 amide bonds. The quantitative estimate of drug-likeness (QED) is 0.539. The zero-order valence-corrected chi connectivity index (χ0v) is 17.1. The predicted octanol–water partition coefficient (Wildman–Crippen LogP) is 5.35. The first-order valence-corrected chi connectivity index (χ1v) is 9.80. The summed E-state index contributed by atoms with van der Waals surface area (Å²) in [6, 6.07) is 14.9. The molecule has 0 fully saturated rings. The summed E-state index contributed by atoms with van der Waals surface area (Å²) in [4.78, 5) is 29.0. The van der Waals surface area contributed by atoms with E-state index in [4.69, 9.17) is 0 Å². The van der Waals surface area contributed by atoms with Gasteiger partial charge in [-0.15, -0.1) is 0 Å². The predicted molar refractivity (Wildman–Crippen MR) is 111 cm³/mol. The van der Waals surface area contributed by atoms with Crippen LogP contribution in [0.2, 0.25) is 0 Å². The lowest BCUT2D eigenvalue weighted by Gasteiger charge is -2.11. The van der Waals surface area contributed by atoms with Crippen LogP contribution >= 0.6 is 27.7 Å². The molecule has 28 heavy (non-hydrogen) atoms. The molecular weight excluding hydrogens is 445 g/mol. The number of anilines is 2. The van der Waals surface area contributed by atoms with Crippen molar-refractivity contribution >= 4 is 50.9 Å². The molecule has 0 aliphatic rings. The van der Waals surface area contributed by atoms with Crippen molar-refractivity contribution < 1.29 is 14.0 Å². The number of hydrogen-bond acceptors (Lipinski definition) is 4. The molecule has 0 bridgehead atoms. The minimum absolute atomic E-state index is 0.00650. The Balaban J connectivity index is 1.81. The minimum atomic E-state index is -0.578. The lowest BCUT2D eigenvalue weighted by atomic mass is 10.2. The normalized spacial score (nSPS) is 10.4. The van der Waals surface area contributed by atoms with Gasteiger partial charge in [0.15, 0.2) is 0 Å². The first-order chi connectivity index (χ1) is 13.4. The van der Waals surface area contributed by atoms with Crippen LogP contribution in [-0.2, 0) is 4.79 Å². The van der Waals surface area contributed by atoms with E-state index in [0.717, 1.165) is 14.4 Å². The molecule has 1 heterocycles. The summed E-state index contributed by atoms with van der Waals surface area (Å²) in [6.45, 7) is 1.29. The maximum atomic E-state index is 13.8. The van der Waals surface area contributed by atoms with Crippen LogP contribution in [0.15, 0.2) is 75.2 Å². The number of nitrogens with zero attached hydrogens (tertiary/aromatic N) is 1. The van der Waals surface area contributed by atoms with Crippen molar-refractivity contribution in [3.05, 3.63) is 76.6 Å². The van der Waals surface area contributed by atoms with Crippen LogP contribution in [-0.4, -0.2) is 16.8 Å². The third kappa shape index (κ3) is 5.17. The highest BCUT2D eigenvalue weighted by Crippen LogP contribution is 2.30. The summed E-state index contributed by atoms with van der Waals surface area (Å²) in [5, 5.41) is 5.88. The summed E-state index contributed by atoms with van der Waals surface area (Å²) >= 11 is 4.71. The van der Waals surface area contributed by atoms with Crippen LogP contribution < -0.4 is 10.6 Å². The standard InChI is InChI=1S/C20H15BrFN3O2S/c1-12(26)24-17-10-14(7-8-16(17)22)25-20(27)15-4-2-3-5-18(15)28-19-9-6-13(21)11-23-19/h2-11H,1H3,(H,24,26)(H,25,27). The number of rotatable bonds is 5. The Kier molecular flexibility index (Phi) is 6.43. The molecule has 0 atom stereocenters. The average Bonchev–Trinajstić information content (AvgIpc) is 2.66. The fraction of sp³-hybridized carbons (Fsp3) is 0.0500. The summed E-state index contributed by atoms with van der Waals surface area (Å²) in [5.74, 6) is -1.32. The Hall–Kier alpha value is -2.71. The van der Waals surface area contributed by atoms with Crippen LogP contribution in [0.5, 0.6) is 0 Å². The van der Waals surface area contributed by atoms with Gasteiger partial charge in [0.1, 0.15) is 10.8 Å². The molecule has 8 heteroatoms. The average molecular weight is 460 g/mol. The highest BCUT2D eigenvalue weighted by molar-refractivity contribution is 9.10. The van der Waals surface area contributed by atoms with Gasteiger partial charge in [-0.2, -0.15) is 0 Å². The second kappa shape index (κ2) is 8.99. The summed E-state index contributed by atoms with van der Waals surface area (Å²) in [5.41, 5.74) is 0.839. The first kappa shape index (κ1) is 20.0. The Morgan fingerprint density at radius 1 is 1.07 bits per heavy atom. The molecule has 0 aliphatic heterocycles. The lowest BCUT2D eigenvalue weighted by molar-refractivity contribution is -0.114. The second-order valence-corrected chi connectivity index (χ2v) is 7.72. The van der Waals surface area contributed by atoms with Crippen molar-refractivity contribution in [1.82, 2.24) is 4.98 Å². The van der Waals surface area contributed by atoms with Gasteiger partial charge in [0.25, 0.3) is 5.91 Å². The minimum Gasteiger partial charge on any atom is -0.324 e. The number of halogens is 2. The van der Waals surface area contributed by atoms with Gasteiger partial charge in [-0.3, -0.25) is 9.59 Å². The van der Waals surface area contributed by atoms with Gasteiger partial charge >= 0.3 is 0 Å². The highest BCUT2D eigenvalue weighted by atomic mass is 79.9. The lowest BCUT2D eigenvalue weighted by Crippen LogP contribution is -2.14. The molecule has 5 nitrogen and oxygen atoms in total. The molecule has 0 saturated carbocycles. The Morgan fingerprint density at radius 3 is 2.57 bits per heavy atom. The molecule has 2 aromatic carbocycles. The van der Waals surface area contributed by atoms with E-state index in [2.05, 4.69) is 31.5 Å². The number of amides is 2. The maximum Gasteiger partial charge on any atom is 0.256 e. The Morgan fingerprint density at radius 2 is 1.86 bits per heavy atom. The van der Waals surface area contributed by atoms with E-state index >= 15 is 0 Å². The van der Waals surface area contributed by atoms with Crippen LogP contribution in [0.1, 0.15) is 17.3 Å². The van der Waals surface area contributed by atoms with E-state index in [0.29, 0.717) is 11.3 Å². The van der Waals surface area contributed by atoms with Crippen molar-refractivity contribution in [2.24, 2.45) is 0 Å². The van der Waals surface area contributed by atoms with Crippen molar-refractivity contribution in [2.75, 3.05) is 10.6 Å². The molecule has 0 aliphatic carbocycles. The number of nitrogens with one attached hydrogen (secondary N) is 2. The molecule has 0 unspecified atom stereocenters. The molecule has 2 N–H and O–H groups in total. The molecule has 0 saturated heterocycles. The number of pyridine rings is 1. The van der Waals surface area contributed by atoms with Crippen LogP contribution in [0, 0.1) is 5.82 Å². The van der Waals surface area contributed by atoms with E-state index in [1.165, 1.54) is 36.9 Å². The maximum absolute atomic E-state index is 13.8. The van der Waals surface area contributed by atoms with Gasteiger partial charge in [-0.05, 0) is 58.4 Å². The first-order valence-electron chi connectivity index (χ1n) is 8.19. The number of carbonyl (C=O) groups excluding carboxylic acids is 2. The summed E-state index contributed by atoms with van der Waals surface area (Å²) < 4.78 is 14.7. The Bertz CT molecular complexity index is 1030. The van der Waals surface area contributed by atoms with Crippen LogP contribution in [0.3, 0.4) is 0 Å². The fourth-order valence-electron chi connectivity index (χ4n) is 2.37. The SMILES string of the molecule is CC(=O)Nc1cc(NC(=O)c2ccccc2Sc2ccc(Br)cn2)ccc1F. The second-order valence-electron chi connectivity index (χ2n) is 5.74. The van der Waals surface area contributed by atoms with Crippen LogP contribution in [0.4, 0.5) is 15.8 Å². The van der Waals surface area contributed by atoms with Gasteiger partial charge in [0.05, 0.1) is 11.3 Å². The van der Waals surface area contributed by atoms with Gasteiger partial charge < -0.3 is 10.6 Å². The van der Waals surface area contributed by atoms with Gasteiger partial charge in [0.2, 0.25) is 5.91 Å². The van der Waals surface area contributed by atoms with Gasteiger partial charge in [0, 0.05) is 28.2 Å². The van der Waals surface area contributed by atoms with Gasteiger partial charge in [-0.25, -0.2) is 9.37 Å². The van der Waals surface area contributed by atoms with Crippen LogP contribution in [0.25, 0.3) is 0 Å². The largest absolute Gasteiger partial charge is 0.324 e. The molecule has 3 aromatic rings. The zero-order valence-electron chi connectivity index (χ0n) is 14.7. The topological polar surface area (TPSA) is 71.1 Å². The number of benzene rings is 2. The van der Waals surface area contributed by atoms with Crippen molar-refractivity contribution in [2.45, 2.75) is 16.8 Å². The molecule has 142 valence electrons. The summed E-state index contributed by atoms with van der Waals surface area (Å²) in [6.07, 6.45) is 1.69. The molecular formula is C20H15BrFN3O2S. The van der Waals surface area contributed by atoms with E-state index < -0.39 is 11.7 Å². The number of aromatic nitrogens is 1. The molecule has 0 radical (unpaired) electrons. The Labute approximate surface area is 173 Å². The number of hydrogen-bond donors (Lipinski definition) is 2. The molecule has 0 spiro atoms.